The summed E-state index contributed by atoms with van der Waals surface area (Å²) in [4.78, 5) is 0. The third-order valence-electron chi connectivity index (χ3n) is 3.38. The fourth-order valence-corrected chi connectivity index (χ4v) is 2.20. The van der Waals surface area contributed by atoms with E-state index in [-0.39, 0.29) is 5.56 Å². The summed E-state index contributed by atoms with van der Waals surface area (Å²) in [7, 11) is 0. The molecule has 106 valence electrons. The zero-order chi connectivity index (χ0) is 14.4. The van der Waals surface area contributed by atoms with E-state index in [1.165, 1.54) is 23.3 Å². The largest absolute Gasteiger partial charge is 0.309 e. The highest BCUT2D eigenvalue weighted by atomic mass is 19.3. The molecule has 3 heteroatoms. The van der Waals surface area contributed by atoms with Crippen molar-refractivity contribution in [2.45, 2.75) is 32.9 Å². The summed E-state index contributed by atoms with van der Waals surface area (Å²) >= 11 is 0. The molecule has 0 saturated carbocycles. The van der Waals surface area contributed by atoms with Crippen LogP contribution in [-0.4, -0.2) is 0 Å². The Labute approximate surface area is 118 Å². The maximum absolute atomic E-state index is 12.4. The van der Waals surface area contributed by atoms with E-state index >= 15 is 0 Å². The first-order valence-electron chi connectivity index (χ1n) is 6.85. The van der Waals surface area contributed by atoms with Crippen molar-refractivity contribution in [3.63, 3.8) is 0 Å². The summed E-state index contributed by atoms with van der Waals surface area (Å²) in [5, 5.41) is 3.35. The average Bonchev–Trinajstić information content (AvgIpc) is 2.48. The van der Waals surface area contributed by atoms with Gasteiger partial charge in [-0.2, -0.15) is 0 Å². The fraction of sp³-hybridized carbons (Fsp3) is 0.294. The highest BCUT2D eigenvalue weighted by Crippen LogP contribution is 2.18. The number of nitrogens with one attached hydrogen (secondary N) is 1. The molecule has 0 unspecified atom stereocenters. The molecule has 0 bridgehead atoms. The molecule has 0 aliphatic carbocycles. The van der Waals surface area contributed by atoms with Gasteiger partial charge in [-0.05, 0) is 23.1 Å². The summed E-state index contributed by atoms with van der Waals surface area (Å²) in [5.41, 5.74) is 3.72. The monoisotopic (exact) mass is 275 g/mol. The summed E-state index contributed by atoms with van der Waals surface area (Å²) < 4.78 is 24.9. The molecule has 2 aromatic rings. The number of halogens is 2. The molecule has 2 rings (SSSR count). The Hall–Kier alpha value is -1.74. The Morgan fingerprint density at radius 1 is 0.900 bits per heavy atom. The van der Waals surface area contributed by atoms with Crippen molar-refractivity contribution in [2.24, 2.45) is 0 Å². The molecular formula is C17H19F2N. The van der Waals surface area contributed by atoms with Crippen LogP contribution in [-0.2, 0) is 19.5 Å². The standard InChI is InChI=1S/C17H19F2N/c1-2-14-5-3-4-6-16(14)12-20-11-13-7-9-15(10-8-13)17(18)19/h3-10,17,20H,2,11-12H2,1H3. The van der Waals surface area contributed by atoms with E-state index in [4.69, 9.17) is 0 Å². The molecule has 0 radical (unpaired) electrons. The molecule has 0 spiro atoms. The second-order valence-electron chi connectivity index (χ2n) is 4.77. The molecule has 0 saturated heterocycles. The molecule has 0 aromatic heterocycles. The minimum absolute atomic E-state index is 0.0741. The van der Waals surface area contributed by atoms with Crippen molar-refractivity contribution >= 4 is 0 Å². The highest BCUT2D eigenvalue weighted by molar-refractivity contribution is 5.27. The second kappa shape index (κ2) is 7.15. The van der Waals surface area contributed by atoms with Gasteiger partial charge in [0.25, 0.3) is 6.43 Å². The molecule has 0 atom stereocenters. The molecule has 0 fully saturated rings. The summed E-state index contributed by atoms with van der Waals surface area (Å²) in [6.45, 7) is 3.62. The first-order valence-corrected chi connectivity index (χ1v) is 6.85. The van der Waals surface area contributed by atoms with E-state index in [1.54, 1.807) is 12.1 Å². The van der Waals surface area contributed by atoms with E-state index < -0.39 is 6.43 Å². The van der Waals surface area contributed by atoms with Crippen LogP contribution in [0.25, 0.3) is 0 Å². The molecule has 20 heavy (non-hydrogen) atoms. The molecule has 0 heterocycles. The van der Waals surface area contributed by atoms with Crippen molar-refractivity contribution in [1.82, 2.24) is 5.32 Å². The Balaban J connectivity index is 1.89. The lowest BCUT2D eigenvalue weighted by Gasteiger charge is -2.09. The van der Waals surface area contributed by atoms with Crippen LogP contribution >= 0.6 is 0 Å². The summed E-state index contributed by atoms with van der Waals surface area (Å²) in [6, 6.07) is 14.8. The third-order valence-corrected chi connectivity index (χ3v) is 3.38. The van der Waals surface area contributed by atoms with Crippen LogP contribution in [0.4, 0.5) is 8.78 Å². The second-order valence-corrected chi connectivity index (χ2v) is 4.77. The average molecular weight is 275 g/mol. The predicted octanol–water partition coefficient (Wildman–Crippen LogP) is 4.48. The van der Waals surface area contributed by atoms with E-state index in [9.17, 15) is 8.78 Å². The van der Waals surface area contributed by atoms with Crippen LogP contribution in [0.2, 0.25) is 0 Å². The molecule has 1 nitrogen and oxygen atoms in total. The van der Waals surface area contributed by atoms with Crippen LogP contribution in [0, 0.1) is 0 Å². The lowest BCUT2D eigenvalue weighted by Crippen LogP contribution is -2.13. The minimum Gasteiger partial charge on any atom is -0.309 e. The maximum atomic E-state index is 12.4. The number of hydrogen-bond donors (Lipinski definition) is 1. The van der Waals surface area contributed by atoms with E-state index in [0.717, 1.165) is 18.5 Å². The molecule has 1 N–H and O–H groups in total. The molecule has 0 amide bonds. The summed E-state index contributed by atoms with van der Waals surface area (Å²) in [5.74, 6) is 0. The highest BCUT2D eigenvalue weighted by Gasteiger charge is 2.05. The zero-order valence-corrected chi connectivity index (χ0v) is 11.6. The van der Waals surface area contributed by atoms with Crippen molar-refractivity contribution in [3.8, 4) is 0 Å². The third kappa shape index (κ3) is 3.87. The van der Waals surface area contributed by atoms with Crippen molar-refractivity contribution in [1.29, 1.82) is 0 Å². The number of rotatable bonds is 6. The van der Waals surface area contributed by atoms with Gasteiger partial charge in [0.1, 0.15) is 0 Å². The molecule has 0 aliphatic heterocycles. The van der Waals surface area contributed by atoms with Crippen LogP contribution in [0.3, 0.4) is 0 Å². The smallest absolute Gasteiger partial charge is 0.263 e. The Bertz CT molecular complexity index is 535. The number of alkyl halides is 2. The first-order chi connectivity index (χ1) is 9.70. The lowest BCUT2D eigenvalue weighted by molar-refractivity contribution is 0.151. The van der Waals surface area contributed by atoms with Crippen LogP contribution < -0.4 is 5.32 Å². The van der Waals surface area contributed by atoms with Gasteiger partial charge in [-0.3, -0.25) is 0 Å². The van der Waals surface area contributed by atoms with Gasteiger partial charge < -0.3 is 5.32 Å². The topological polar surface area (TPSA) is 12.0 Å². The fourth-order valence-electron chi connectivity index (χ4n) is 2.20. The van der Waals surface area contributed by atoms with Gasteiger partial charge in [0.05, 0.1) is 0 Å². The van der Waals surface area contributed by atoms with Crippen LogP contribution in [0.1, 0.15) is 35.6 Å². The van der Waals surface area contributed by atoms with Crippen LogP contribution in [0.5, 0.6) is 0 Å². The Morgan fingerprint density at radius 2 is 1.55 bits per heavy atom. The van der Waals surface area contributed by atoms with Gasteiger partial charge in [0, 0.05) is 18.7 Å². The Morgan fingerprint density at radius 3 is 2.15 bits per heavy atom. The molecular weight excluding hydrogens is 256 g/mol. The Kier molecular flexibility index (Phi) is 5.24. The molecule has 2 aromatic carbocycles. The van der Waals surface area contributed by atoms with Crippen molar-refractivity contribution in [2.75, 3.05) is 0 Å². The zero-order valence-electron chi connectivity index (χ0n) is 11.6. The first kappa shape index (κ1) is 14.7. The lowest BCUT2D eigenvalue weighted by atomic mass is 10.1. The SMILES string of the molecule is CCc1ccccc1CNCc1ccc(C(F)F)cc1. The van der Waals surface area contributed by atoms with Gasteiger partial charge in [-0.25, -0.2) is 8.78 Å². The van der Waals surface area contributed by atoms with Gasteiger partial charge in [-0.1, -0.05) is 55.5 Å². The number of aryl methyl sites for hydroxylation is 1. The molecule has 0 aliphatic rings. The normalized spacial score (nSPS) is 11.0. The van der Waals surface area contributed by atoms with Gasteiger partial charge in [0.15, 0.2) is 0 Å². The van der Waals surface area contributed by atoms with Gasteiger partial charge in [0.2, 0.25) is 0 Å². The van der Waals surface area contributed by atoms with E-state index in [1.807, 2.05) is 12.1 Å². The predicted molar refractivity (Wildman–Crippen MR) is 77.8 cm³/mol. The minimum atomic E-state index is -2.39. The summed E-state index contributed by atoms with van der Waals surface area (Å²) in [6.07, 6.45) is -1.38. The van der Waals surface area contributed by atoms with E-state index in [2.05, 4.69) is 24.4 Å². The number of hydrogen-bond acceptors (Lipinski definition) is 1. The van der Waals surface area contributed by atoms with Gasteiger partial charge >= 0.3 is 0 Å². The van der Waals surface area contributed by atoms with Gasteiger partial charge in [-0.15, -0.1) is 0 Å². The maximum Gasteiger partial charge on any atom is 0.263 e. The number of benzene rings is 2. The van der Waals surface area contributed by atoms with Crippen molar-refractivity contribution < 1.29 is 8.78 Å². The van der Waals surface area contributed by atoms with Crippen LogP contribution in [0.15, 0.2) is 48.5 Å². The quantitative estimate of drug-likeness (QED) is 0.819. The van der Waals surface area contributed by atoms with Crippen molar-refractivity contribution in [3.05, 3.63) is 70.8 Å². The van der Waals surface area contributed by atoms with E-state index in [0.29, 0.717) is 6.54 Å².